The van der Waals surface area contributed by atoms with Gasteiger partial charge in [-0.15, -0.1) is 0 Å². The van der Waals surface area contributed by atoms with E-state index >= 15 is 0 Å². The SMILES string of the molecule is c1ccc(-c2coc(CCCc3ccco3)c2)cc1. The van der Waals surface area contributed by atoms with Gasteiger partial charge in [0, 0.05) is 18.4 Å². The molecule has 2 aromatic heterocycles. The Kier molecular flexibility index (Phi) is 3.50. The van der Waals surface area contributed by atoms with Gasteiger partial charge in [0.25, 0.3) is 0 Å². The van der Waals surface area contributed by atoms with Gasteiger partial charge in [0.05, 0.1) is 12.5 Å². The molecule has 0 aliphatic carbocycles. The maximum absolute atomic E-state index is 5.61. The van der Waals surface area contributed by atoms with Crippen molar-refractivity contribution in [1.29, 1.82) is 0 Å². The molecule has 3 aromatic rings. The zero-order valence-corrected chi connectivity index (χ0v) is 10.7. The lowest BCUT2D eigenvalue weighted by Gasteiger charge is -1.95. The Balaban J connectivity index is 1.59. The van der Waals surface area contributed by atoms with E-state index in [1.807, 2.05) is 36.6 Å². The van der Waals surface area contributed by atoms with Gasteiger partial charge in [-0.05, 0) is 30.2 Å². The largest absolute Gasteiger partial charge is 0.469 e. The van der Waals surface area contributed by atoms with Gasteiger partial charge in [-0.25, -0.2) is 0 Å². The van der Waals surface area contributed by atoms with E-state index in [2.05, 4.69) is 18.2 Å². The van der Waals surface area contributed by atoms with Crippen molar-refractivity contribution in [2.75, 3.05) is 0 Å². The second-order valence-electron chi connectivity index (χ2n) is 4.60. The number of aryl methyl sites for hydroxylation is 2. The van der Waals surface area contributed by atoms with E-state index in [9.17, 15) is 0 Å². The third-order valence-electron chi connectivity index (χ3n) is 3.19. The van der Waals surface area contributed by atoms with Crippen molar-refractivity contribution >= 4 is 0 Å². The molecule has 0 N–H and O–H groups in total. The smallest absolute Gasteiger partial charge is 0.104 e. The molecule has 3 rings (SSSR count). The fourth-order valence-electron chi connectivity index (χ4n) is 2.19. The summed E-state index contributed by atoms with van der Waals surface area (Å²) in [6.45, 7) is 0. The van der Waals surface area contributed by atoms with Crippen molar-refractivity contribution in [3.05, 3.63) is 72.6 Å². The van der Waals surface area contributed by atoms with Gasteiger partial charge in [-0.3, -0.25) is 0 Å². The van der Waals surface area contributed by atoms with Crippen LogP contribution in [0.1, 0.15) is 17.9 Å². The molecule has 0 saturated carbocycles. The van der Waals surface area contributed by atoms with Crippen molar-refractivity contribution in [1.82, 2.24) is 0 Å². The molecular weight excluding hydrogens is 236 g/mol. The molecule has 2 nitrogen and oxygen atoms in total. The number of hydrogen-bond acceptors (Lipinski definition) is 2. The van der Waals surface area contributed by atoms with E-state index in [0.717, 1.165) is 36.3 Å². The predicted molar refractivity (Wildman–Crippen MR) is 74.9 cm³/mol. The van der Waals surface area contributed by atoms with Crippen LogP contribution in [0.4, 0.5) is 0 Å². The second kappa shape index (κ2) is 5.61. The second-order valence-corrected chi connectivity index (χ2v) is 4.60. The van der Waals surface area contributed by atoms with Crippen LogP contribution < -0.4 is 0 Å². The summed E-state index contributed by atoms with van der Waals surface area (Å²) in [5.41, 5.74) is 2.34. The maximum atomic E-state index is 5.61. The molecule has 0 unspecified atom stereocenters. The molecule has 0 radical (unpaired) electrons. The van der Waals surface area contributed by atoms with Crippen LogP contribution in [0, 0.1) is 0 Å². The van der Waals surface area contributed by atoms with Crippen molar-refractivity contribution in [2.45, 2.75) is 19.3 Å². The van der Waals surface area contributed by atoms with Crippen LogP contribution in [0.3, 0.4) is 0 Å². The Hall–Kier alpha value is -2.22. The molecular formula is C17H16O2. The van der Waals surface area contributed by atoms with E-state index in [4.69, 9.17) is 8.83 Å². The number of benzene rings is 1. The van der Waals surface area contributed by atoms with Crippen molar-refractivity contribution < 1.29 is 8.83 Å². The van der Waals surface area contributed by atoms with Crippen LogP contribution in [0.25, 0.3) is 11.1 Å². The molecule has 0 aliphatic heterocycles. The fraction of sp³-hybridized carbons (Fsp3) is 0.176. The molecule has 0 bridgehead atoms. The molecule has 0 aliphatic rings. The molecule has 2 heterocycles. The summed E-state index contributed by atoms with van der Waals surface area (Å²) in [6.07, 6.45) is 6.48. The van der Waals surface area contributed by atoms with Crippen molar-refractivity contribution in [3.63, 3.8) is 0 Å². The Bertz CT molecular complexity index is 606. The molecule has 19 heavy (non-hydrogen) atoms. The molecule has 0 amide bonds. The Morgan fingerprint density at radius 2 is 1.58 bits per heavy atom. The summed E-state index contributed by atoms with van der Waals surface area (Å²) < 4.78 is 10.9. The van der Waals surface area contributed by atoms with Gasteiger partial charge in [0.15, 0.2) is 0 Å². The van der Waals surface area contributed by atoms with Crippen LogP contribution in [0.5, 0.6) is 0 Å². The van der Waals surface area contributed by atoms with Crippen LogP contribution in [0.15, 0.2) is 69.9 Å². The van der Waals surface area contributed by atoms with Crippen LogP contribution in [0.2, 0.25) is 0 Å². The van der Waals surface area contributed by atoms with Gasteiger partial charge in [-0.2, -0.15) is 0 Å². The molecule has 0 saturated heterocycles. The van der Waals surface area contributed by atoms with Gasteiger partial charge in [0.1, 0.15) is 11.5 Å². The third kappa shape index (κ3) is 2.97. The van der Waals surface area contributed by atoms with Gasteiger partial charge >= 0.3 is 0 Å². The number of hydrogen-bond donors (Lipinski definition) is 0. The zero-order chi connectivity index (χ0) is 12.9. The molecule has 1 aromatic carbocycles. The first-order valence-corrected chi connectivity index (χ1v) is 6.57. The average molecular weight is 252 g/mol. The Morgan fingerprint density at radius 3 is 2.37 bits per heavy atom. The quantitative estimate of drug-likeness (QED) is 0.657. The minimum absolute atomic E-state index is 0.938. The van der Waals surface area contributed by atoms with Crippen LogP contribution in [-0.4, -0.2) is 0 Å². The van der Waals surface area contributed by atoms with Crippen LogP contribution >= 0.6 is 0 Å². The minimum Gasteiger partial charge on any atom is -0.469 e. The van der Waals surface area contributed by atoms with Crippen LogP contribution in [-0.2, 0) is 12.8 Å². The molecule has 0 spiro atoms. The summed E-state index contributed by atoms with van der Waals surface area (Å²) in [5, 5.41) is 0. The van der Waals surface area contributed by atoms with E-state index in [0.29, 0.717) is 0 Å². The molecule has 96 valence electrons. The van der Waals surface area contributed by atoms with Gasteiger partial charge in [-0.1, -0.05) is 30.3 Å². The topological polar surface area (TPSA) is 26.3 Å². The fourth-order valence-corrected chi connectivity index (χ4v) is 2.19. The molecule has 2 heteroatoms. The first-order valence-electron chi connectivity index (χ1n) is 6.57. The van der Waals surface area contributed by atoms with E-state index < -0.39 is 0 Å². The lowest BCUT2D eigenvalue weighted by Crippen LogP contribution is -1.86. The average Bonchev–Trinajstić information content (AvgIpc) is 3.11. The lowest BCUT2D eigenvalue weighted by atomic mass is 10.1. The predicted octanol–water partition coefficient (Wildman–Crippen LogP) is 4.71. The number of furan rings is 2. The summed E-state index contributed by atoms with van der Waals surface area (Å²) in [5.74, 6) is 2.07. The Morgan fingerprint density at radius 1 is 0.737 bits per heavy atom. The highest BCUT2D eigenvalue weighted by molar-refractivity contribution is 5.62. The normalized spacial score (nSPS) is 10.7. The van der Waals surface area contributed by atoms with E-state index in [1.165, 1.54) is 5.56 Å². The molecule has 0 atom stereocenters. The lowest BCUT2D eigenvalue weighted by molar-refractivity contribution is 0.477. The first-order chi connectivity index (χ1) is 9.42. The van der Waals surface area contributed by atoms with Gasteiger partial charge < -0.3 is 8.83 Å². The maximum Gasteiger partial charge on any atom is 0.104 e. The zero-order valence-electron chi connectivity index (χ0n) is 10.7. The van der Waals surface area contributed by atoms with Crippen molar-refractivity contribution in [2.24, 2.45) is 0 Å². The highest BCUT2D eigenvalue weighted by Crippen LogP contribution is 2.22. The minimum atomic E-state index is 0.938. The summed E-state index contributed by atoms with van der Waals surface area (Å²) in [7, 11) is 0. The highest BCUT2D eigenvalue weighted by atomic mass is 16.3. The van der Waals surface area contributed by atoms with Gasteiger partial charge in [0.2, 0.25) is 0 Å². The number of rotatable bonds is 5. The monoisotopic (exact) mass is 252 g/mol. The van der Waals surface area contributed by atoms with E-state index in [-0.39, 0.29) is 0 Å². The molecule has 0 fully saturated rings. The highest BCUT2D eigenvalue weighted by Gasteiger charge is 2.04. The third-order valence-corrected chi connectivity index (χ3v) is 3.19. The van der Waals surface area contributed by atoms with E-state index in [1.54, 1.807) is 6.26 Å². The summed E-state index contributed by atoms with van der Waals surface area (Å²) in [4.78, 5) is 0. The van der Waals surface area contributed by atoms with Crippen molar-refractivity contribution in [3.8, 4) is 11.1 Å². The Labute approximate surface area is 112 Å². The first kappa shape index (κ1) is 11.8. The summed E-state index contributed by atoms with van der Waals surface area (Å²) >= 11 is 0. The summed E-state index contributed by atoms with van der Waals surface area (Å²) in [6, 6.07) is 16.4. The standard InChI is InChI=1S/C17H16O2/c1-2-6-14(7-3-1)15-12-17(19-13-15)9-4-8-16-10-5-11-18-16/h1-3,5-7,10-13H,4,8-9H2.